The molecule has 0 aliphatic heterocycles. The van der Waals surface area contributed by atoms with Crippen molar-refractivity contribution in [2.45, 2.75) is 26.3 Å². The van der Waals surface area contributed by atoms with Crippen LogP contribution in [0.1, 0.15) is 20.3 Å². The molecule has 5 nitrogen and oxygen atoms in total. The van der Waals surface area contributed by atoms with Gasteiger partial charge in [-0.3, -0.25) is 4.79 Å². The maximum atomic E-state index is 11.5. The molecule has 6 heteroatoms. The lowest BCUT2D eigenvalue weighted by atomic mass is 10.3. The highest BCUT2D eigenvalue weighted by Gasteiger charge is 2.04. The first-order chi connectivity index (χ1) is 7.58. The molecule has 2 N–H and O–H groups in total. The summed E-state index contributed by atoms with van der Waals surface area (Å²) in [6.07, 6.45) is 1.71. The zero-order valence-corrected chi connectivity index (χ0v) is 10.1. The summed E-state index contributed by atoms with van der Waals surface area (Å²) in [4.78, 5) is 19.0. The zero-order valence-electron chi connectivity index (χ0n) is 9.33. The summed E-state index contributed by atoms with van der Waals surface area (Å²) < 4.78 is 0. The molecule has 0 atom stereocenters. The second-order valence-corrected chi connectivity index (χ2v) is 4.02. The van der Waals surface area contributed by atoms with E-state index in [9.17, 15) is 4.79 Å². The van der Waals surface area contributed by atoms with Crippen LogP contribution in [0.15, 0.2) is 12.4 Å². The number of aromatic nitrogens is 2. The van der Waals surface area contributed by atoms with Crippen LogP contribution >= 0.6 is 11.6 Å². The number of nitrogens with zero attached hydrogens (tertiary/aromatic N) is 2. The molecule has 0 saturated heterocycles. The van der Waals surface area contributed by atoms with Gasteiger partial charge in [-0.1, -0.05) is 25.4 Å². The van der Waals surface area contributed by atoms with Gasteiger partial charge >= 0.3 is 0 Å². The molecule has 0 aromatic carbocycles. The molecule has 0 aliphatic carbocycles. The van der Waals surface area contributed by atoms with E-state index >= 15 is 0 Å². The van der Waals surface area contributed by atoms with Crippen molar-refractivity contribution in [3.63, 3.8) is 0 Å². The van der Waals surface area contributed by atoms with E-state index in [1.165, 1.54) is 12.4 Å². The quantitative estimate of drug-likeness (QED) is 0.767. The molecule has 1 rings (SSSR count). The number of hydrogen-bond donors (Lipinski definition) is 2. The summed E-state index contributed by atoms with van der Waals surface area (Å²) in [6, 6.07) is 1.89. The number of rotatable bonds is 5. The largest absolute Gasteiger partial charge is 0.314 e. The van der Waals surface area contributed by atoms with E-state index in [2.05, 4.69) is 20.6 Å². The van der Waals surface area contributed by atoms with Crippen LogP contribution in [-0.2, 0) is 4.79 Å². The van der Waals surface area contributed by atoms with Gasteiger partial charge in [-0.15, -0.1) is 0 Å². The molecular weight excluding hydrogens is 228 g/mol. The van der Waals surface area contributed by atoms with Gasteiger partial charge in [-0.05, 0) is 0 Å². The third kappa shape index (κ3) is 5.04. The van der Waals surface area contributed by atoms with Crippen molar-refractivity contribution in [2.75, 3.05) is 11.9 Å². The lowest BCUT2D eigenvalue weighted by Crippen LogP contribution is -2.27. The van der Waals surface area contributed by atoms with Crippen molar-refractivity contribution in [3.8, 4) is 0 Å². The molecule has 1 aromatic rings. The number of carbonyl (C=O) groups is 1. The van der Waals surface area contributed by atoms with E-state index in [0.29, 0.717) is 30.0 Å². The van der Waals surface area contributed by atoms with Gasteiger partial charge < -0.3 is 10.6 Å². The Morgan fingerprint density at radius 2 is 2.25 bits per heavy atom. The molecule has 0 spiro atoms. The number of anilines is 1. The normalized spacial score (nSPS) is 10.5. The van der Waals surface area contributed by atoms with Gasteiger partial charge in [0.05, 0.1) is 0 Å². The fourth-order valence-electron chi connectivity index (χ4n) is 1.08. The van der Waals surface area contributed by atoms with Crippen LogP contribution in [0.2, 0.25) is 5.15 Å². The average molecular weight is 243 g/mol. The van der Waals surface area contributed by atoms with Crippen LogP contribution < -0.4 is 10.6 Å². The lowest BCUT2D eigenvalue weighted by Gasteiger charge is -2.07. The van der Waals surface area contributed by atoms with Crippen molar-refractivity contribution in [1.29, 1.82) is 0 Å². The highest BCUT2D eigenvalue weighted by molar-refractivity contribution is 6.29. The van der Waals surface area contributed by atoms with E-state index < -0.39 is 0 Å². The number of nitrogens with one attached hydrogen (secondary N) is 2. The fraction of sp³-hybridized carbons (Fsp3) is 0.500. The summed E-state index contributed by atoms with van der Waals surface area (Å²) in [5, 5.41) is 6.11. The Balaban J connectivity index is 2.34. The summed E-state index contributed by atoms with van der Waals surface area (Å²) in [5.41, 5.74) is 0. The Morgan fingerprint density at radius 1 is 1.50 bits per heavy atom. The predicted octanol–water partition coefficient (Wildman–Crippen LogP) is 1.46. The molecule has 1 aromatic heterocycles. The summed E-state index contributed by atoms with van der Waals surface area (Å²) in [5.74, 6) is 0.331. The van der Waals surface area contributed by atoms with E-state index in [1.54, 1.807) is 0 Å². The van der Waals surface area contributed by atoms with E-state index in [0.717, 1.165) is 0 Å². The Morgan fingerprint density at radius 3 is 2.88 bits per heavy atom. The molecular formula is C10H15ClN4O. The third-order valence-corrected chi connectivity index (χ3v) is 2.01. The van der Waals surface area contributed by atoms with Crippen molar-refractivity contribution < 1.29 is 4.79 Å². The fourth-order valence-corrected chi connectivity index (χ4v) is 1.23. The monoisotopic (exact) mass is 242 g/mol. The SMILES string of the molecule is CC(C)NCCC(=O)Nc1cc(Cl)ncn1. The number of hydrogen-bond acceptors (Lipinski definition) is 4. The standard InChI is InChI=1S/C10H15ClN4O/c1-7(2)12-4-3-10(16)15-9-5-8(11)13-6-14-9/h5-7,12H,3-4H2,1-2H3,(H,13,14,15,16). The Labute approximate surface area is 99.6 Å². The minimum absolute atomic E-state index is 0.0945. The van der Waals surface area contributed by atoms with Crippen LogP contribution in [-0.4, -0.2) is 28.5 Å². The third-order valence-electron chi connectivity index (χ3n) is 1.81. The Kier molecular flexibility index (Phi) is 5.14. The van der Waals surface area contributed by atoms with Crippen LogP contribution in [0.4, 0.5) is 5.82 Å². The van der Waals surface area contributed by atoms with Crippen molar-refractivity contribution in [3.05, 3.63) is 17.5 Å². The predicted molar refractivity (Wildman–Crippen MR) is 63.4 cm³/mol. The van der Waals surface area contributed by atoms with Crippen molar-refractivity contribution in [1.82, 2.24) is 15.3 Å². The highest BCUT2D eigenvalue weighted by atomic mass is 35.5. The molecule has 88 valence electrons. The second kappa shape index (κ2) is 6.40. The van der Waals surface area contributed by atoms with Crippen LogP contribution in [0.5, 0.6) is 0 Å². The smallest absolute Gasteiger partial charge is 0.226 e. The van der Waals surface area contributed by atoms with Crippen LogP contribution in [0.3, 0.4) is 0 Å². The van der Waals surface area contributed by atoms with Gasteiger partial charge in [-0.25, -0.2) is 9.97 Å². The molecule has 0 unspecified atom stereocenters. The van der Waals surface area contributed by atoms with Gasteiger partial charge in [-0.2, -0.15) is 0 Å². The van der Waals surface area contributed by atoms with Gasteiger partial charge in [0.25, 0.3) is 0 Å². The van der Waals surface area contributed by atoms with Crippen molar-refractivity contribution >= 4 is 23.3 Å². The molecule has 16 heavy (non-hydrogen) atoms. The molecule has 0 radical (unpaired) electrons. The van der Waals surface area contributed by atoms with Crippen LogP contribution in [0, 0.1) is 0 Å². The maximum Gasteiger partial charge on any atom is 0.226 e. The minimum Gasteiger partial charge on any atom is -0.314 e. The minimum atomic E-state index is -0.0945. The maximum absolute atomic E-state index is 11.5. The summed E-state index contributed by atoms with van der Waals surface area (Å²) in [6.45, 7) is 4.70. The van der Waals surface area contributed by atoms with Gasteiger partial charge in [0, 0.05) is 25.1 Å². The summed E-state index contributed by atoms with van der Waals surface area (Å²) >= 11 is 5.66. The lowest BCUT2D eigenvalue weighted by molar-refractivity contribution is -0.116. The van der Waals surface area contributed by atoms with E-state index in [4.69, 9.17) is 11.6 Å². The molecule has 1 heterocycles. The summed E-state index contributed by atoms with van der Waals surface area (Å²) in [7, 11) is 0. The Hall–Kier alpha value is -1.20. The molecule has 1 amide bonds. The molecule has 0 saturated carbocycles. The number of halogens is 1. The first kappa shape index (κ1) is 12.9. The Bertz CT molecular complexity index is 356. The topological polar surface area (TPSA) is 66.9 Å². The van der Waals surface area contributed by atoms with Gasteiger partial charge in [0.15, 0.2) is 0 Å². The van der Waals surface area contributed by atoms with Crippen molar-refractivity contribution in [2.24, 2.45) is 0 Å². The van der Waals surface area contributed by atoms with Gasteiger partial charge in [0.1, 0.15) is 17.3 Å². The first-order valence-electron chi connectivity index (χ1n) is 5.08. The zero-order chi connectivity index (χ0) is 12.0. The number of carbonyl (C=O) groups excluding carboxylic acids is 1. The second-order valence-electron chi connectivity index (χ2n) is 3.63. The molecule has 0 bridgehead atoms. The highest BCUT2D eigenvalue weighted by Crippen LogP contribution is 2.08. The number of amides is 1. The molecule has 0 aliphatic rings. The van der Waals surface area contributed by atoms with Crippen LogP contribution in [0.25, 0.3) is 0 Å². The molecule has 0 fully saturated rings. The average Bonchev–Trinajstić information content (AvgIpc) is 2.16. The van der Waals surface area contributed by atoms with E-state index in [1.807, 2.05) is 13.8 Å². The first-order valence-corrected chi connectivity index (χ1v) is 5.46. The van der Waals surface area contributed by atoms with E-state index in [-0.39, 0.29) is 5.91 Å². The van der Waals surface area contributed by atoms with Gasteiger partial charge in [0.2, 0.25) is 5.91 Å².